The summed E-state index contributed by atoms with van der Waals surface area (Å²) in [6.07, 6.45) is 3.72. The van der Waals surface area contributed by atoms with Crippen LogP contribution >= 0.6 is 0 Å². The maximum absolute atomic E-state index is 13.0. The highest BCUT2D eigenvalue weighted by molar-refractivity contribution is 6.02. The van der Waals surface area contributed by atoms with Gasteiger partial charge in [0, 0.05) is 44.7 Å². The van der Waals surface area contributed by atoms with Crippen LogP contribution in [0, 0.1) is 0 Å². The van der Waals surface area contributed by atoms with Gasteiger partial charge in [-0.05, 0) is 49.4 Å². The van der Waals surface area contributed by atoms with Crippen molar-refractivity contribution in [2.24, 2.45) is 0 Å². The van der Waals surface area contributed by atoms with Gasteiger partial charge in [0.1, 0.15) is 0 Å². The number of ether oxygens (including phenoxy) is 1. The molecule has 1 aliphatic rings. The SMILES string of the molecule is CCC(C(=O)Nc1ccc(N2CCCC2)c(C(=O)NCCCOC)c1)c1ccccc1. The van der Waals surface area contributed by atoms with E-state index in [4.69, 9.17) is 4.74 Å². The molecular weight excluding hydrogens is 390 g/mol. The molecule has 6 heteroatoms. The zero-order valence-corrected chi connectivity index (χ0v) is 18.5. The van der Waals surface area contributed by atoms with Crippen LogP contribution in [0.3, 0.4) is 0 Å². The molecule has 0 aromatic heterocycles. The van der Waals surface area contributed by atoms with E-state index in [-0.39, 0.29) is 17.7 Å². The van der Waals surface area contributed by atoms with Gasteiger partial charge in [-0.1, -0.05) is 37.3 Å². The summed E-state index contributed by atoms with van der Waals surface area (Å²) >= 11 is 0. The molecule has 31 heavy (non-hydrogen) atoms. The Morgan fingerprint density at radius 3 is 2.52 bits per heavy atom. The van der Waals surface area contributed by atoms with Crippen molar-refractivity contribution in [1.29, 1.82) is 0 Å². The van der Waals surface area contributed by atoms with Crippen LogP contribution < -0.4 is 15.5 Å². The Morgan fingerprint density at radius 2 is 1.84 bits per heavy atom. The van der Waals surface area contributed by atoms with E-state index >= 15 is 0 Å². The number of methoxy groups -OCH3 is 1. The molecule has 0 radical (unpaired) electrons. The maximum Gasteiger partial charge on any atom is 0.253 e. The number of benzene rings is 2. The third-order valence-corrected chi connectivity index (χ3v) is 5.69. The summed E-state index contributed by atoms with van der Waals surface area (Å²) in [5.41, 5.74) is 3.16. The largest absolute Gasteiger partial charge is 0.385 e. The lowest BCUT2D eigenvalue weighted by Gasteiger charge is -2.22. The first-order chi connectivity index (χ1) is 15.1. The minimum Gasteiger partial charge on any atom is -0.385 e. The van der Waals surface area contributed by atoms with Gasteiger partial charge < -0.3 is 20.3 Å². The van der Waals surface area contributed by atoms with Crippen molar-refractivity contribution < 1.29 is 14.3 Å². The Hall–Kier alpha value is -2.86. The lowest BCUT2D eigenvalue weighted by atomic mass is 9.95. The second-order valence-corrected chi connectivity index (χ2v) is 7.89. The highest BCUT2D eigenvalue weighted by Gasteiger charge is 2.22. The molecule has 1 atom stereocenters. The van der Waals surface area contributed by atoms with Crippen LogP contribution in [0.15, 0.2) is 48.5 Å². The predicted octanol–water partition coefficient (Wildman–Crippen LogP) is 4.19. The lowest BCUT2D eigenvalue weighted by Crippen LogP contribution is -2.29. The number of carbonyl (C=O) groups is 2. The van der Waals surface area contributed by atoms with Gasteiger partial charge in [-0.3, -0.25) is 9.59 Å². The first kappa shape index (κ1) is 22.8. The fraction of sp³-hybridized carbons (Fsp3) is 0.440. The topological polar surface area (TPSA) is 70.7 Å². The summed E-state index contributed by atoms with van der Waals surface area (Å²) in [7, 11) is 1.65. The smallest absolute Gasteiger partial charge is 0.253 e. The summed E-state index contributed by atoms with van der Waals surface area (Å²) in [5.74, 6) is -0.413. The number of hydrogen-bond acceptors (Lipinski definition) is 4. The van der Waals surface area contributed by atoms with Crippen LogP contribution in [0.5, 0.6) is 0 Å². The van der Waals surface area contributed by atoms with E-state index in [1.165, 1.54) is 0 Å². The van der Waals surface area contributed by atoms with E-state index in [0.717, 1.165) is 43.6 Å². The summed E-state index contributed by atoms with van der Waals surface area (Å²) < 4.78 is 5.06. The lowest BCUT2D eigenvalue weighted by molar-refractivity contribution is -0.117. The van der Waals surface area contributed by atoms with Gasteiger partial charge in [0.05, 0.1) is 11.5 Å². The van der Waals surface area contributed by atoms with Gasteiger partial charge in [0.2, 0.25) is 5.91 Å². The Bertz CT molecular complexity index is 864. The van der Waals surface area contributed by atoms with E-state index in [9.17, 15) is 9.59 Å². The van der Waals surface area contributed by atoms with Gasteiger partial charge in [-0.15, -0.1) is 0 Å². The van der Waals surface area contributed by atoms with Crippen LogP contribution in [-0.2, 0) is 9.53 Å². The van der Waals surface area contributed by atoms with Crippen molar-refractivity contribution in [3.63, 3.8) is 0 Å². The number of nitrogens with one attached hydrogen (secondary N) is 2. The molecule has 2 amide bonds. The van der Waals surface area contributed by atoms with E-state index in [0.29, 0.717) is 30.8 Å². The first-order valence-corrected chi connectivity index (χ1v) is 11.2. The molecule has 1 heterocycles. The summed E-state index contributed by atoms with van der Waals surface area (Å²) in [6, 6.07) is 15.4. The quantitative estimate of drug-likeness (QED) is 0.562. The van der Waals surface area contributed by atoms with Crippen molar-refractivity contribution in [3.8, 4) is 0 Å². The number of nitrogens with zero attached hydrogens (tertiary/aromatic N) is 1. The van der Waals surface area contributed by atoms with E-state index in [1.807, 2.05) is 49.4 Å². The van der Waals surface area contributed by atoms with Crippen molar-refractivity contribution in [3.05, 3.63) is 59.7 Å². The summed E-state index contributed by atoms with van der Waals surface area (Å²) in [6.45, 7) is 5.05. The minimum atomic E-state index is -0.231. The highest BCUT2D eigenvalue weighted by Crippen LogP contribution is 2.29. The molecule has 1 unspecified atom stereocenters. The number of anilines is 2. The third-order valence-electron chi connectivity index (χ3n) is 5.69. The van der Waals surface area contributed by atoms with Gasteiger partial charge in [0.25, 0.3) is 5.91 Å². The Morgan fingerprint density at radius 1 is 1.10 bits per heavy atom. The number of carbonyl (C=O) groups excluding carboxylic acids is 2. The Labute approximate surface area is 185 Å². The van der Waals surface area contributed by atoms with Gasteiger partial charge in [-0.2, -0.15) is 0 Å². The first-order valence-electron chi connectivity index (χ1n) is 11.2. The van der Waals surface area contributed by atoms with Crippen LogP contribution in [0.1, 0.15) is 54.4 Å². The molecule has 6 nitrogen and oxygen atoms in total. The van der Waals surface area contributed by atoms with Crippen molar-refractivity contribution >= 4 is 23.2 Å². The monoisotopic (exact) mass is 423 g/mol. The molecule has 2 aromatic carbocycles. The molecular formula is C25H33N3O3. The average Bonchev–Trinajstić information content (AvgIpc) is 3.32. The molecule has 1 aliphatic heterocycles. The molecule has 0 aliphatic carbocycles. The molecule has 2 N–H and O–H groups in total. The molecule has 3 rings (SSSR count). The second kappa shape index (κ2) is 11.5. The van der Waals surface area contributed by atoms with E-state index < -0.39 is 0 Å². The number of amides is 2. The summed E-state index contributed by atoms with van der Waals surface area (Å²) in [4.78, 5) is 28.2. The maximum atomic E-state index is 13.0. The predicted molar refractivity (Wildman–Crippen MR) is 125 cm³/mol. The van der Waals surface area contributed by atoms with Crippen LogP contribution in [0.2, 0.25) is 0 Å². The third kappa shape index (κ3) is 6.07. The molecule has 1 fully saturated rings. The molecule has 0 bridgehead atoms. The zero-order chi connectivity index (χ0) is 22.1. The van der Waals surface area contributed by atoms with Gasteiger partial charge in [-0.25, -0.2) is 0 Å². The highest BCUT2D eigenvalue weighted by atomic mass is 16.5. The summed E-state index contributed by atoms with van der Waals surface area (Å²) in [5, 5.41) is 6.00. The Kier molecular flexibility index (Phi) is 8.47. The fourth-order valence-corrected chi connectivity index (χ4v) is 4.03. The van der Waals surface area contributed by atoms with E-state index in [1.54, 1.807) is 13.2 Å². The average molecular weight is 424 g/mol. The zero-order valence-electron chi connectivity index (χ0n) is 18.5. The minimum absolute atomic E-state index is 0.0610. The number of hydrogen-bond donors (Lipinski definition) is 2. The number of rotatable bonds is 10. The van der Waals surface area contributed by atoms with Crippen LogP contribution in [0.4, 0.5) is 11.4 Å². The van der Waals surface area contributed by atoms with Gasteiger partial charge in [0.15, 0.2) is 0 Å². The van der Waals surface area contributed by atoms with Crippen LogP contribution in [0.25, 0.3) is 0 Å². The van der Waals surface area contributed by atoms with Crippen molar-refractivity contribution in [1.82, 2.24) is 5.32 Å². The fourth-order valence-electron chi connectivity index (χ4n) is 4.03. The molecule has 0 saturated carbocycles. The molecule has 1 saturated heterocycles. The van der Waals surface area contributed by atoms with Crippen molar-refractivity contribution in [2.75, 3.05) is 43.6 Å². The standard InChI is InChI=1S/C25H33N3O3/c1-3-21(19-10-5-4-6-11-19)25(30)27-20-12-13-23(28-15-7-8-16-28)22(18-20)24(29)26-14-9-17-31-2/h4-6,10-13,18,21H,3,7-9,14-17H2,1-2H3,(H,26,29)(H,27,30). The van der Waals surface area contributed by atoms with Crippen molar-refractivity contribution in [2.45, 2.75) is 38.5 Å². The second-order valence-electron chi connectivity index (χ2n) is 7.89. The van der Waals surface area contributed by atoms with Gasteiger partial charge >= 0.3 is 0 Å². The molecule has 2 aromatic rings. The molecule has 166 valence electrons. The normalized spacial score (nSPS) is 14.3. The Balaban J connectivity index is 1.78. The molecule has 0 spiro atoms. The van der Waals surface area contributed by atoms with Crippen LogP contribution in [-0.4, -0.2) is 45.2 Å². The van der Waals surface area contributed by atoms with E-state index in [2.05, 4.69) is 15.5 Å².